The number of nitrogen functional groups attached to an aromatic ring is 1. The maximum absolute atomic E-state index is 13.8. The number of unbranched alkanes of at least 4 members (excludes halogenated alkanes) is 15. The van der Waals surface area contributed by atoms with Crippen LogP contribution in [0.4, 0.5) is 11.4 Å². The lowest BCUT2D eigenvalue weighted by molar-refractivity contribution is 0.0599. The lowest BCUT2D eigenvalue weighted by atomic mass is 10.0. The summed E-state index contributed by atoms with van der Waals surface area (Å²) in [6.45, 7) is 2.44. The fourth-order valence-corrected chi connectivity index (χ4v) is 6.76. The van der Waals surface area contributed by atoms with Gasteiger partial charge >= 0.3 is 11.9 Å². The molecule has 0 saturated heterocycles. The van der Waals surface area contributed by atoms with Gasteiger partial charge in [-0.1, -0.05) is 109 Å². The van der Waals surface area contributed by atoms with E-state index in [1.54, 1.807) is 12.1 Å². The second kappa shape index (κ2) is 20.0. The number of carbonyl (C=O) groups excluding carboxylic acids is 2. The Balaban J connectivity index is 1.95. The number of nitrogens with zero attached hydrogens (tertiary/aromatic N) is 1. The molecule has 240 valence electrons. The summed E-state index contributed by atoms with van der Waals surface area (Å²) >= 11 is 0. The Labute approximate surface area is 259 Å². The van der Waals surface area contributed by atoms with Crippen molar-refractivity contribution in [3.05, 3.63) is 53.6 Å². The molecular formula is C34H52N2O6S. The molecule has 0 aromatic heterocycles. The molecule has 0 fully saturated rings. The zero-order chi connectivity index (χ0) is 31.5. The highest BCUT2D eigenvalue weighted by Gasteiger charge is 2.27. The van der Waals surface area contributed by atoms with E-state index in [0.717, 1.165) is 19.3 Å². The van der Waals surface area contributed by atoms with E-state index >= 15 is 0 Å². The average Bonchev–Trinajstić information content (AvgIpc) is 3.01. The second-order valence-electron chi connectivity index (χ2n) is 11.2. The monoisotopic (exact) mass is 616 g/mol. The van der Waals surface area contributed by atoms with E-state index in [4.69, 9.17) is 15.2 Å². The summed E-state index contributed by atoms with van der Waals surface area (Å²) in [4.78, 5) is 24.8. The third-order valence-electron chi connectivity index (χ3n) is 7.71. The topological polar surface area (TPSA) is 116 Å². The summed E-state index contributed by atoms with van der Waals surface area (Å²) in [7, 11) is -1.59. The largest absolute Gasteiger partial charge is 0.465 e. The Morgan fingerprint density at radius 2 is 1.12 bits per heavy atom. The highest BCUT2D eigenvalue weighted by Crippen LogP contribution is 2.28. The van der Waals surface area contributed by atoms with Crippen LogP contribution in [0.3, 0.4) is 0 Å². The molecule has 2 aromatic rings. The summed E-state index contributed by atoms with van der Waals surface area (Å²) < 4.78 is 38.6. The predicted octanol–water partition coefficient (Wildman–Crippen LogP) is 8.30. The van der Waals surface area contributed by atoms with Crippen molar-refractivity contribution in [2.75, 3.05) is 30.8 Å². The zero-order valence-electron chi connectivity index (χ0n) is 26.4. The smallest absolute Gasteiger partial charge is 0.337 e. The third kappa shape index (κ3) is 12.6. The highest BCUT2D eigenvalue weighted by atomic mass is 32.2. The number of ether oxygens (including phenoxy) is 2. The summed E-state index contributed by atoms with van der Waals surface area (Å²) in [5, 5.41) is 0. The standard InChI is InChI=1S/C34H52N2O6S/c1-4-5-6-7-8-9-10-11-12-13-14-15-16-17-18-19-23-36(43(39,40)32-22-20-21-30(35)27-32)31-25-28(33(37)41-2)24-29(26-31)34(38)42-3/h20-22,24-27H,4-19,23,35H2,1-3H3. The molecule has 43 heavy (non-hydrogen) atoms. The number of hydrogen-bond donors (Lipinski definition) is 1. The van der Waals surface area contributed by atoms with Crippen molar-refractivity contribution in [1.82, 2.24) is 0 Å². The van der Waals surface area contributed by atoms with Crippen molar-refractivity contribution in [3.63, 3.8) is 0 Å². The number of benzene rings is 2. The first kappa shape index (κ1) is 36.1. The minimum Gasteiger partial charge on any atom is -0.465 e. The molecule has 0 spiro atoms. The van der Waals surface area contributed by atoms with E-state index in [-0.39, 0.29) is 28.3 Å². The van der Waals surface area contributed by atoms with Crippen molar-refractivity contribution >= 4 is 33.3 Å². The highest BCUT2D eigenvalue weighted by molar-refractivity contribution is 7.92. The minimum atomic E-state index is -4.05. The van der Waals surface area contributed by atoms with E-state index < -0.39 is 22.0 Å². The second-order valence-corrected chi connectivity index (χ2v) is 13.1. The molecule has 2 N–H and O–H groups in total. The first-order chi connectivity index (χ1) is 20.7. The molecule has 0 amide bonds. The van der Waals surface area contributed by atoms with Gasteiger partial charge in [0.05, 0.1) is 35.9 Å². The van der Waals surface area contributed by atoms with E-state index in [9.17, 15) is 18.0 Å². The zero-order valence-corrected chi connectivity index (χ0v) is 27.3. The predicted molar refractivity (Wildman–Crippen MR) is 174 cm³/mol. The van der Waals surface area contributed by atoms with Crippen LogP contribution in [0.25, 0.3) is 0 Å². The molecule has 0 unspecified atom stereocenters. The Morgan fingerprint density at radius 1 is 0.674 bits per heavy atom. The van der Waals surface area contributed by atoms with Crippen molar-refractivity contribution in [3.8, 4) is 0 Å². The SMILES string of the molecule is CCCCCCCCCCCCCCCCCCN(c1cc(C(=O)OC)cc(C(=O)OC)c1)S(=O)(=O)c1cccc(N)c1. The Kier molecular flexibility index (Phi) is 16.8. The number of sulfonamides is 1. The maximum atomic E-state index is 13.8. The van der Waals surface area contributed by atoms with Gasteiger partial charge in [-0.05, 0) is 42.8 Å². The van der Waals surface area contributed by atoms with E-state index in [2.05, 4.69) is 6.92 Å². The van der Waals surface area contributed by atoms with Crippen LogP contribution in [0.15, 0.2) is 47.4 Å². The van der Waals surface area contributed by atoms with E-state index in [1.165, 1.54) is 126 Å². The van der Waals surface area contributed by atoms with Crippen LogP contribution in [0, 0.1) is 0 Å². The fraction of sp³-hybridized carbons (Fsp3) is 0.588. The van der Waals surface area contributed by atoms with Crippen molar-refractivity contribution < 1.29 is 27.5 Å². The van der Waals surface area contributed by atoms with Crippen LogP contribution >= 0.6 is 0 Å². The molecule has 0 bridgehead atoms. The number of rotatable bonds is 22. The minimum absolute atomic E-state index is 0.0343. The van der Waals surface area contributed by atoms with Gasteiger partial charge in [0.15, 0.2) is 0 Å². The lowest BCUT2D eigenvalue weighted by Gasteiger charge is -2.25. The van der Waals surface area contributed by atoms with Gasteiger partial charge in [-0.2, -0.15) is 0 Å². The van der Waals surface area contributed by atoms with Crippen LogP contribution in [0.2, 0.25) is 0 Å². The lowest BCUT2D eigenvalue weighted by Crippen LogP contribution is -2.32. The molecule has 0 radical (unpaired) electrons. The van der Waals surface area contributed by atoms with Crippen LogP contribution in [0.1, 0.15) is 130 Å². The van der Waals surface area contributed by atoms with Gasteiger partial charge in [-0.3, -0.25) is 4.31 Å². The van der Waals surface area contributed by atoms with Gasteiger partial charge in [0.25, 0.3) is 10.0 Å². The van der Waals surface area contributed by atoms with Gasteiger partial charge in [-0.25, -0.2) is 18.0 Å². The number of hydrogen-bond acceptors (Lipinski definition) is 7. The Morgan fingerprint density at radius 3 is 1.53 bits per heavy atom. The summed E-state index contributed by atoms with van der Waals surface area (Å²) in [5.74, 6) is -1.37. The van der Waals surface area contributed by atoms with E-state index in [1.807, 2.05) is 0 Å². The van der Waals surface area contributed by atoms with Crippen LogP contribution in [-0.4, -0.2) is 41.1 Å². The van der Waals surface area contributed by atoms with Crippen molar-refractivity contribution in [2.24, 2.45) is 0 Å². The van der Waals surface area contributed by atoms with Gasteiger partial charge in [0.1, 0.15) is 0 Å². The number of esters is 2. The van der Waals surface area contributed by atoms with Crippen LogP contribution < -0.4 is 10.0 Å². The fourth-order valence-electron chi connectivity index (χ4n) is 5.22. The molecule has 8 nitrogen and oxygen atoms in total. The van der Waals surface area contributed by atoms with Crippen LogP contribution in [-0.2, 0) is 19.5 Å². The first-order valence-electron chi connectivity index (χ1n) is 15.9. The summed E-state index contributed by atoms with van der Waals surface area (Å²) in [6, 6.07) is 10.3. The maximum Gasteiger partial charge on any atom is 0.337 e. The Bertz CT molecular complexity index is 1200. The molecule has 9 heteroatoms. The molecule has 2 rings (SSSR count). The van der Waals surface area contributed by atoms with E-state index in [0.29, 0.717) is 12.1 Å². The number of methoxy groups -OCH3 is 2. The first-order valence-corrected chi connectivity index (χ1v) is 17.4. The quantitative estimate of drug-likeness (QED) is 0.0803. The molecular weight excluding hydrogens is 564 g/mol. The normalized spacial score (nSPS) is 11.3. The number of carbonyl (C=O) groups is 2. The van der Waals surface area contributed by atoms with Gasteiger partial charge in [-0.15, -0.1) is 0 Å². The van der Waals surface area contributed by atoms with Gasteiger partial charge in [0, 0.05) is 12.2 Å². The molecule has 0 atom stereocenters. The molecule has 0 saturated carbocycles. The number of nitrogens with two attached hydrogens (primary N) is 1. The average molecular weight is 617 g/mol. The molecule has 0 heterocycles. The Hall–Kier alpha value is -3.07. The summed E-state index contributed by atoms with van der Waals surface area (Å²) in [5.41, 5.74) is 6.51. The molecule has 0 aliphatic carbocycles. The third-order valence-corrected chi connectivity index (χ3v) is 9.53. The van der Waals surface area contributed by atoms with Crippen molar-refractivity contribution in [1.29, 1.82) is 0 Å². The summed E-state index contributed by atoms with van der Waals surface area (Å²) in [6.07, 6.45) is 19.5. The molecule has 0 aliphatic rings. The molecule has 0 aliphatic heterocycles. The molecule has 2 aromatic carbocycles. The van der Waals surface area contributed by atoms with Crippen molar-refractivity contribution in [2.45, 2.75) is 115 Å². The number of anilines is 2. The van der Waals surface area contributed by atoms with Gasteiger partial charge in [0.2, 0.25) is 0 Å². The van der Waals surface area contributed by atoms with Gasteiger partial charge < -0.3 is 15.2 Å². The van der Waals surface area contributed by atoms with Crippen LogP contribution in [0.5, 0.6) is 0 Å².